The monoisotopic (exact) mass is 242 g/mol. The highest BCUT2D eigenvalue weighted by Gasteiger charge is 2.07. The van der Waals surface area contributed by atoms with Crippen LogP contribution in [0.1, 0.15) is 23.6 Å². The van der Waals surface area contributed by atoms with E-state index >= 15 is 0 Å². The minimum Gasteiger partial charge on any atom is -0.329 e. The van der Waals surface area contributed by atoms with Crippen LogP contribution in [0.2, 0.25) is 0 Å². The largest absolute Gasteiger partial charge is 0.329 e. The molecule has 0 heterocycles. The lowest BCUT2D eigenvalue weighted by Crippen LogP contribution is -2.34. The van der Waals surface area contributed by atoms with E-state index in [1.165, 1.54) is 16.7 Å². The fourth-order valence-electron chi connectivity index (χ4n) is 1.78. The summed E-state index contributed by atoms with van der Waals surface area (Å²) in [6.07, 6.45) is 0. The van der Waals surface area contributed by atoms with Gasteiger partial charge in [0, 0.05) is 19.1 Å². The number of benzene rings is 1. The predicted molar refractivity (Wildman–Crippen MR) is 73.1 cm³/mol. The Labute approximate surface area is 105 Å². The van der Waals surface area contributed by atoms with Gasteiger partial charge in [-0.05, 0) is 33.4 Å². The topological polar surface area (TPSA) is 29.3 Å². The zero-order valence-electron chi connectivity index (χ0n) is 10.7. The van der Waals surface area contributed by atoms with E-state index in [4.69, 9.17) is 5.73 Å². The lowest BCUT2D eigenvalue weighted by molar-refractivity contribution is 0.255. The highest BCUT2D eigenvalue weighted by molar-refractivity contribution is 5.85. The summed E-state index contributed by atoms with van der Waals surface area (Å²) in [4.78, 5) is 2.29. The molecule has 0 aliphatic heterocycles. The second kappa shape index (κ2) is 6.89. The zero-order valence-corrected chi connectivity index (χ0v) is 11.5. The van der Waals surface area contributed by atoms with Crippen molar-refractivity contribution in [2.75, 3.05) is 13.6 Å². The number of nitrogens with two attached hydrogens (primary N) is 1. The third-order valence-corrected chi connectivity index (χ3v) is 2.81. The van der Waals surface area contributed by atoms with Crippen LogP contribution < -0.4 is 5.73 Å². The Bertz CT molecular complexity index is 305. The minimum absolute atomic E-state index is 0. The van der Waals surface area contributed by atoms with E-state index in [0.29, 0.717) is 12.6 Å². The first-order chi connectivity index (χ1) is 7.02. The summed E-state index contributed by atoms with van der Waals surface area (Å²) in [5.74, 6) is 0. The van der Waals surface area contributed by atoms with Crippen molar-refractivity contribution in [1.29, 1.82) is 0 Å². The SMILES string of the molecule is Cc1cc(C)cc(CN(C)C(C)CN)c1.Cl. The van der Waals surface area contributed by atoms with Crippen molar-refractivity contribution in [3.8, 4) is 0 Å². The average molecular weight is 243 g/mol. The Kier molecular flexibility index (Phi) is 6.65. The van der Waals surface area contributed by atoms with Gasteiger partial charge in [-0.25, -0.2) is 0 Å². The van der Waals surface area contributed by atoms with Crippen molar-refractivity contribution >= 4 is 12.4 Å². The second-order valence-electron chi connectivity index (χ2n) is 4.50. The third-order valence-electron chi connectivity index (χ3n) is 2.81. The molecule has 2 nitrogen and oxygen atoms in total. The van der Waals surface area contributed by atoms with Crippen LogP contribution in [0, 0.1) is 13.8 Å². The number of hydrogen-bond acceptors (Lipinski definition) is 2. The van der Waals surface area contributed by atoms with Gasteiger partial charge in [-0.2, -0.15) is 0 Å². The van der Waals surface area contributed by atoms with E-state index < -0.39 is 0 Å². The van der Waals surface area contributed by atoms with Gasteiger partial charge >= 0.3 is 0 Å². The molecule has 0 bridgehead atoms. The summed E-state index contributed by atoms with van der Waals surface area (Å²) in [5.41, 5.74) is 9.68. The molecule has 2 N–H and O–H groups in total. The maximum absolute atomic E-state index is 5.64. The Morgan fingerprint density at radius 3 is 2.12 bits per heavy atom. The van der Waals surface area contributed by atoms with Crippen molar-refractivity contribution in [1.82, 2.24) is 4.90 Å². The lowest BCUT2D eigenvalue weighted by atomic mass is 10.1. The standard InChI is InChI=1S/C13H22N2.ClH/c1-10-5-11(2)7-13(6-10)9-15(4)12(3)8-14;/h5-7,12H,8-9,14H2,1-4H3;1H. The van der Waals surface area contributed by atoms with Crippen LogP contribution >= 0.6 is 12.4 Å². The quantitative estimate of drug-likeness (QED) is 0.879. The summed E-state index contributed by atoms with van der Waals surface area (Å²) < 4.78 is 0. The lowest BCUT2D eigenvalue weighted by Gasteiger charge is -2.23. The van der Waals surface area contributed by atoms with Crippen LogP contribution in [0.4, 0.5) is 0 Å². The molecule has 1 aromatic carbocycles. The Morgan fingerprint density at radius 2 is 1.69 bits per heavy atom. The summed E-state index contributed by atoms with van der Waals surface area (Å²) in [5, 5.41) is 0. The molecule has 1 unspecified atom stereocenters. The fraction of sp³-hybridized carbons (Fsp3) is 0.538. The molecule has 0 fully saturated rings. The molecule has 0 aliphatic rings. The molecule has 1 aromatic rings. The van der Waals surface area contributed by atoms with Gasteiger partial charge in [0.1, 0.15) is 0 Å². The summed E-state index contributed by atoms with van der Waals surface area (Å²) in [7, 11) is 2.12. The number of rotatable bonds is 4. The minimum atomic E-state index is 0. The zero-order chi connectivity index (χ0) is 11.4. The molecule has 0 saturated heterocycles. The third kappa shape index (κ3) is 4.52. The van der Waals surface area contributed by atoms with Gasteiger partial charge in [0.05, 0.1) is 0 Å². The van der Waals surface area contributed by atoms with Gasteiger partial charge < -0.3 is 5.73 Å². The molecule has 0 aliphatic carbocycles. The summed E-state index contributed by atoms with van der Waals surface area (Å²) in [6, 6.07) is 7.13. The van der Waals surface area contributed by atoms with E-state index in [-0.39, 0.29) is 12.4 Å². The van der Waals surface area contributed by atoms with Crippen molar-refractivity contribution < 1.29 is 0 Å². The van der Waals surface area contributed by atoms with E-state index in [1.54, 1.807) is 0 Å². The number of nitrogens with zero attached hydrogens (tertiary/aromatic N) is 1. The van der Waals surface area contributed by atoms with Crippen LogP contribution in [-0.4, -0.2) is 24.5 Å². The molecule has 0 aromatic heterocycles. The van der Waals surface area contributed by atoms with Crippen LogP contribution in [0.25, 0.3) is 0 Å². The molecule has 92 valence electrons. The molecule has 0 spiro atoms. The Morgan fingerprint density at radius 1 is 1.19 bits per heavy atom. The molecular formula is C13H23ClN2. The van der Waals surface area contributed by atoms with Gasteiger partial charge in [-0.1, -0.05) is 29.3 Å². The predicted octanol–water partition coefficient (Wildman–Crippen LogP) is 2.50. The van der Waals surface area contributed by atoms with Gasteiger partial charge in [0.15, 0.2) is 0 Å². The van der Waals surface area contributed by atoms with Gasteiger partial charge in [0.2, 0.25) is 0 Å². The highest BCUT2D eigenvalue weighted by Crippen LogP contribution is 2.11. The maximum Gasteiger partial charge on any atom is 0.0234 e. The van der Waals surface area contributed by atoms with E-state index in [1.807, 2.05) is 0 Å². The Hall–Kier alpha value is -0.570. The highest BCUT2D eigenvalue weighted by atomic mass is 35.5. The molecule has 0 amide bonds. The first-order valence-electron chi connectivity index (χ1n) is 5.50. The normalized spacial score (nSPS) is 12.4. The number of hydrogen-bond donors (Lipinski definition) is 1. The van der Waals surface area contributed by atoms with E-state index in [9.17, 15) is 0 Å². The van der Waals surface area contributed by atoms with Crippen LogP contribution in [0.3, 0.4) is 0 Å². The number of likely N-dealkylation sites (N-methyl/N-ethyl adjacent to an activating group) is 1. The van der Waals surface area contributed by atoms with Gasteiger partial charge in [0.25, 0.3) is 0 Å². The van der Waals surface area contributed by atoms with Crippen molar-refractivity contribution in [3.63, 3.8) is 0 Å². The fourth-order valence-corrected chi connectivity index (χ4v) is 1.78. The van der Waals surface area contributed by atoms with Crippen LogP contribution in [-0.2, 0) is 6.54 Å². The summed E-state index contributed by atoms with van der Waals surface area (Å²) >= 11 is 0. The van der Waals surface area contributed by atoms with Gasteiger partial charge in [-0.3, -0.25) is 4.90 Å². The molecule has 1 rings (SSSR count). The van der Waals surface area contributed by atoms with Crippen LogP contribution in [0.15, 0.2) is 18.2 Å². The molecule has 0 saturated carbocycles. The molecule has 0 radical (unpaired) electrons. The first kappa shape index (κ1) is 15.4. The van der Waals surface area contributed by atoms with E-state index in [2.05, 4.69) is 50.9 Å². The average Bonchev–Trinajstić information content (AvgIpc) is 2.14. The van der Waals surface area contributed by atoms with Crippen molar-refractivity contribution in [2.45, 2.75) is 33.4 Å². The van der Waals surface area contributed by atoms with Crippen LogP contribution in [0.5, 0.6) is 0 Å². The molecular weight excluding hydrogens is 220 g/mol. The Balaban J connectivity index is 0.00000225. The van der Waals surface area contributed by atoms with Gasteiger partial charge in [-0.15, -0.1) is 12.4 Å². The smallest absolute Gasteiger partial charge is 0.0234 e. The first-order valence-corrected chi connectivity index (χ1v) is 5.50. The molecule has 1 atom stereocenters. The maximum atomic E-state index is 5.64. The molecule has 3 heteroatoms. The number of halogens is 1. The molecule has 16 heavy (non-hydrogen) atoms. The second-order valence-corrected chi connectivity index (χ2v) is 4.50. The van der Waals surface area contributed by atoms with Crippen molar-refractivity contribution in [2.24, 2.45) is 5.73 Å². The van der Waals surface area contributed by atoms with E-state index in [0.717, 1.165) is 6.54 Å². The summed E-state index contributed by atoms with van der Waals surface area (Å²) in [6.45, 7) is 8.12. The number of aryl methyl sites for hydroxylation is 2. The van der Waals surface area contributed by atoms with Crippen molar-refractivity contribution in [3.05, 3.63) is 34.9 Å².